The van der Waals surface area contributed by atoms with E-state index in [0.717, 1.165) is 36.6 Å². The zero-order valence-electron chi connectivity index (χ0n) is 11.8. The number of carbonyl (C=O) groups excluding carboxylic acids is 1. The van der Waals surface area contributed by atoms with Crippen molar-refractivity contribution in [2.75, 3.05) is 13.1 Å². The summed E-state index contributed by atoms with van der Waals surface area (Å²) in [5.74, 6) is 4.37. The molecular formula is C18H21NO. The maximum absolute atomic E-state index is 12.8. The summed E-state index contributed by atoms with van der Waals surface area (Å²) < 4.78 is 0. The van der Waals surface area contributed by atoms with Gasteiger partial charge in [-0.2, -0.15) is 0 Å². The monoisotopic (exact) mass is 267 g/mol. The van der Waals surface area contributed by atoms with Gasteiger partial charge >= 0.3 is 0 Å². The van der Waals surface area contributed by atoms with Crippen molar-refractivity contribution in [3.8, 4) is 12.3 Å². The number of fused-ring (bicyclic) bond motifs is 1. The standard InChI is InChI=1S/C18H21NO/c1-2-13-6-8-15(9-7-13)18(20)16-5-3-4-14-10-11-19-12-17(14)16/h1,6-9,14,16-17,19H,3-5,10-12H2. The van der Waals surface area contributed by atoms with Crippen LogP contribution in [0.25, 0.3) is 0 Å². The molecule has 1 aromatic carbocycles. The van der Waals surface area contributed by atoms with Crippen LogP contribution in [0.15, 0.2) is 24.3 Å². The Morgan fingerprint density at radius 1 is 1.20 bits per heavy atom. The molecule has 20 heavy (non-hydrogen) atoms. The van der Waals surface area contributed by atoms with Gasteiger partial charge in [0.2, 0.25) is 0 Å². The number of benzene rings is 1. The predicted octanol–water partition coefficient (Wildman–Crippen LogP) is 2.88. The molecule has 0 amide bonds. The quantitative estimate of drug-likeness (QED) is 0.659. The zero-order valence-corrected chi connectivity index (χ0v) is 11.8. The number of piperidine rings is 1. The van der Waals surface area contributed by atoms with E-state index in [4.69, 9.17) is 6.42 Å². The molecule has 1 heterocycles. The van der Waals surface area contributed by atoms with Crippen molar-refractivity contribution < 1.29 is 4.79 Å². The van der Waals surface area contributed by atoms with Crippen molar-refractivity contribution in [3.05, 3.63) is 35.4 Å². The summed E-state index contributed by atoms with van der Waals surface area (Å²) in [6.07, 6.45) is 10.1. The lowest BCUT2D eigenvalue weighted by Crippen LogP contribution is -2.45. The summed E-state index contributed by atoms with van der Waals surface area (Å²) in [5, 5.41) is 3.46. The van der Waals surface area contributed by atoms with Crippen molar-refractivity contribution in [1.29, 1.82) is 0 Å². The van der Waals surface area contributed by atoms with Gasteiger partial charge in [0, 0.05) is 17.0 Å². The molecule has 3 rings (SSSR count). The fraction of sp³-hybridized carbons (Fsp3) is 0.500. The summed E-state index contributed by atoms with van der Waals surface area (Å²) in [6.45, 7) is 2.11. The Bertz CT molecular complexity index is 523. The smallest absolute Gasteiger partial charge is 0.166 e. The summed E-state index contributed by atoms with van der Waals surface area (Å²) in [6, 6.07) is 7.51. The van der Waals surface area contributed by atoms with Crippen molar-refractivity contribution in [1.82, 2.24) is 5.32 Å². The van der Waals surface area contributed by atoms with Crippen LogP contribution in [0, 0.1) is 30.1 Å². The zero-order chi connectivity index (χ0) is 13.9. The first-order valence-electron chi connectivity index (χ1n) is 7.61. The van der Waals surface area contributed by atoms with E-state index in [0.29, 0.717) is 11.7 Å². The van der Waals surface area contributed by atoms with Gasteiger partial charge in [-0.1, -0.05) is 30.9 Å². The van der Waals surface area contributed by atoms with E-state index in [9.17, 15) is 4.79 Å². The Morgan fingerprint density at radius 2 is 2.00 bits per heavy atom. The highest BCUT2D eigenvalue weighted by Crippen LogP contribution is 2.39. The van der Waals surface area contributed by atoms with Crippen molar-refractivity contribution >= 4 is 5.78 Å². The summed E-state index contributed by atoms with van der Waals surface area (Å²) in [7, 11) is 0. The Labute approximate surface area is 121 Å². The molecule has 1 aliphatic heterocycles. The second-order valence-electron chi connectivity index (χ2n) is 6.04. The first kappa shape index (κ1) is 13.4. The fourth-order valence-corrected chi connectivity index (χ4v) is 3.85. The Hall–Kier alpha value is -1.59. The van der Waals surface area contributed by atoms with Gasteiger partial charge in [0.25, 0.3) is 0 Å². The van der Waals surface area contributed by atoms with Crippen molar-refractivity contribution in [2.45, 2.75) is 25.7 Å². The van der Waals surface area contributed by atoms with Gasteiger partial charge in [-0.25, -0.2) is 0 Å². The van der Waals surface area contributed by atoms with Crippen LogP contribution in [-0.2, 0) is 0 Å². The SMILES string of the molecule is C#Cc1ccc(C(=O)C2CCCC3CCNCC32)cc1. The van der Waals surface area contributed by atoms with Gasteiger partial charge in [-0.15, -0.1) is 6.42 Å². The molecule has 2 aliphatic rings. The van der Waals surface area contributed by atoms with E-state index in [1.807, 2.05) is 24.3 Å². The van der Waals surface area contributed by atoms with Crippen molar-refractivity contribution in [3.63, 3.8) is 0 Å². The van der Waals surface area contributed by atoms with Gasteiger partial charge in [-0.05, 0) is 49.9 Å². The van der Waals surface area contributed by atoms with Crippen LogP contribution in [0.4, 0.5) is 0 Å². The molecule has 2 fully saturated rings. The van der Waals surface area contributed by atoms with E-state index < -0.39 is 0 Å². The molecule has 0 radical (unpaired) electrons. The molecule has 0 spiro atoms. The second-order valence-corrected chi connectivity index (χ2v) is 6.04. The van der Waals surface area contributed by atoms with Crippen LogP contribution in [0.5, 0.6) is 0 Å². The lowest BCUT2D eigenvalue weighted by molar-refractivity contribution is 0.0682. The average Bonchev–Trinajstić information content (AvgIpc) is 2.54. The largest absolute Gasteiger partial charge is 0.316 e. The van der Waals surface area contributed by atoms with E-state index in [1.165, 1.54) is 19.3 Å². The van der Waals surface area contributed by atoms with E-state index >= 15 is 0 Å². The number of terminal acetylenes is 1. The Kier molecular flexibility index (Phi) is 3.89. The molecule has 3 atom stereocenters. The van der Waals surface area contributed by atoms with E-state index in [2.05, 4.69) is 11.2 Å². The normalized spacial score (nSPS) is 29.2. The number of nitrogens with one attached hydrogen (secondary N) is 1. The number of rotatable bonds is 2. The lowest BCUT2D eigenvalue weighted by Gasteiger charge is -2.41. The highest BCUT2D eigenvalue weighted by Gasteiger charge is 2.38. The lowest BCUT2D eigenvalue weighted by atomic mass is 9.67. The van der Waals surface area contributed by atoms with Gasteiger partial charge in [-0.3, -0.25) is 4.79 Å². The van der Waals surface area contributed by atoms with Gasteiger partial charge in [0.05, 0.1) is 0 Å². The van der Waals surface area contributed by atoms with Crippen LogP contribution < -0.4 is 5.32 Å². The van der Waals surface area contributed by atoms with E-state index in [1.54, 1.807) is 0 Å². The molecule has 0 bridgehead atoms. The summed E-state index contributed by atoms with van der Waals surface area (Å²) in [4.78, 5) is 12.8. The Balaban J connectivity index is 1.79. The maximum atomic E-state index is 12.8. The minimum atomic E-state index is 0.193. The topological polar surface area (TPSA) is 29.1 Å². The third-order valence-electron chi connectivity index (χ3n) is 4.96. The van der Waals surface area contributed by atoms with Crippen LogP contribution in [-0.4, -0.2) is 18.9 Å². The first-order chi connectivity index (χ1) is 9.79. The van der Waals surface area contributed by atoms with Crippen LogP contribution in [0.2, 0.25) is 0 Å². The van der Waals surface area contributed by atoms with Gasteiger partial charge < -0.3 is 5.32 Å². The molecule has 1 saturated heterocycles. The minimum Gasteiger partial charge on any atom is -0.316 e. The summed E-state index contributed by atoms with van der Waals surface area (Å²) in [5.41, 5.74) is 1.66. The Morgan fingerprint density at radius 3 is 2.75 bits per heavy atom. The molecule has 1 saturated carbocycles. The first-order valence-corrected chi connectivity index (χ1v) is 7.61. The molecule has 2 heteroatoms. The van der Waals surface area contributed by atoms with Crippen LogP contribution >= 0.6 is 0 Å². The fourth-order valence-electron chi connectivity index (χ4n) is 3.85. The predicted molar refractivity (Wildman–Crippen MR) is 80.5 cm³/mol. The number of ketones is 1. The number of Topliss-reactive ketones (excluding diaryl/α,β-unsaturated/α-hetero) is 1. The summed E-state index contributed by atoms with van der Waals surface area (Å²) >= 11 is 0. The second kappa shape index (κ2) is 5.81. The highest BCUT2D eigenvalue weighted by molar-refractivity contribution is 5.98. The number of hydrogen-bond acceptors (Lipinski definition) is 2. The van der Waals surface area contributed by atoms with E-state index in [-0.39, 0.29) is 5.92 Å². The molecule has 1 N–H and O–H groups in total. The average molecular weight is 267 g/mol. The maximum Gasteiger partial charge on any atom is 0.166 e. The number of hydrogen-bond donors (Lipinski definition) is 1. The molecule has 0 aromatic heterocycles. The van der Waals surface area contributed by atoms with Crippen molar-refractivity contribution in [2.24, 2.45) is 17.8 Å². The number of carbonyl (C=O) groups is 1. The molecule has 3 unspecified atom stereocenters. The molecular weight excluding hydrogens is 246 g/mol. The third-order valence-corrected chi connectivity index (χ3v) is 4.96. The minimum absolute atomic E-state index is 0.193. The van der Waals surface area contributed by atoms with Gasteiger partial charge in [0.15, 0.2) is 5.78 Å². The molecule has 2 nitrogen and oxygen atoms in total. The third kappa shape index (κ3) is 2.51. The molecule has 104 valence electrons. The van der Waals surface area contributed by atoms with Crippen LogP contribution in [0.1, 0.15) is 41.6 Å². The molecule has 1 aromatic rings. The highest BCUT2D eigenvalue weighted by atomic mass is 16.1. The van der Waals surface area contributed by atoms with Gasteiger partial charge in [0.1, 0.15) is 0 Å². The van der Waals surface area contributed by atoms with Crippen LogP contribution in [0.3, 0.4) is 0 Å². The molecule has 1 aliphatic carbocycles.